The number of nitrogens with two attached hydrogens (primary N) is 1. The highest BCUT2D eigenvalue weighted by atomic mass is 16.2. The first-order valence-corrected chi connectivity index (χ1v) is 10.3. The summed E-state index contributed by atoms with van der Waals surface area (Å²) in [5.74, 6) is -0.260. The first-order valence-electron chi connectivity index (χ1n) is 10.3. The van der Waals surface area contributed by atoms with E-state index in [9.17, 15) is 14.4 Å². The molecule has 2 heterocycles. The van der Waals surface area contributed by atoms with E-state index in [2.05, 4.69) is 10.6 Å². The van der Waals surface area contributed by atoms with Crippen molar-refractivity contribution in [2.45, 2.75) is 63.7 Å². The van der Waals surface area contributed by atoms with Crippen molar-refractivity contribution in [2.24, 2.45) is 11.7 Å². The molecule has 0 radical (unpaired) electrons. The van der Waals surface area contributed by atoms with Gasteiger partial charge in [-0.3, -0.25) is 19.7 Å². The van der Waals surface area contributed by atoms with Crippen LogP contribution in [-0.2, 0) is 22.7 Å². The summed E-state index contributed by atoms with van der Waals surface area (Å²) in [4.78, 5) is 38.4. The maximum absolute atomic E-state index is 13.1. The van der Waals surface area contributed by atoms with Crippen molar-refractivity contribution in [3.8, 4) is 0 Å². The maximum Gasteiger partial charge on any atom is 0.255 e. The molecule has 1 aromatic rings. The Morgan fingerprint density at radius 1 is 1.14 bits per heavy atom. The van der Waals surface area contributed by atoms with Crippen molar-refractivity contribution in [1.82, 2.24) is 15.5 Å². The lowest BCUT2D eigenvalue weighted by Crippen LogP contribution is -2.52. The van der Waals surface area contributed by atoms with Gasteiger partial charge in [-0.25, -0.2) is 0 Å². The molecule has 1 aliphatic carbocycles. The standard InChI is InChI=1S/C21H28N4O3/c22-10-13-4-1-2-7-16(13)23-11-14-5-3-6-15-12-25(21(28)19(14)15)17-8-9-18(26)24-20(17)27/h3,5-6,13,16-17,23H,1-2,4,7-12,22H2,(H,24,26,27). The summed E-state index contributed by atoms with van der Waals surface area (Å²) in [5, 5.41) is 5.98. The van der Waals surface area contributed by atoms with Gasteiger partial charge in [0.15, 0.2) is 0 Å². The Balaban J connectivity index is 1.49. The molecular formula is C21H28N4O3. The van der Waals surface area contributed by atoms with Crippen LogP contribution >= 0.6 is 0 Å². The molecule has 7 heteroatoms. The third-order valence-corrected chi connectivity index (χ3v) is 6.41. The number of imide groups is 1. The minimum atomic E-state index is -0.571. The lowest BCUT2D eigenvalue weighted by molar-refractivity contribution is -0.136. The number of piperidine rings is 1. The second-order valence-electron chi connectivity index (χ2n) is 8.12. The summed E-state index contributed by atoms with van der Waals surface area (Å²) in [6.07, 6.45) is 5.38. The van der Waals surface area contributed by atoms with Gasteiger partial charge >= 0.3 is 0 Å². The molecule has 2 aliphatic heterocycles. The number of benzene rings is 1. The van der Waals surface area contributed by atoms with Crippen molar-refractivity contribution in [3.05, 3.63) is 34.9 Å². The van der Waals surface area contributed by atoms with Gasteiger partial charge in [-0.05, 0) is 42.9 Å². The van der Waals surface area contributed by atoms with Crippen LogP contribution in [0.4, 0.5) is 0 Å². The lowest BCUT2D eigenvalue weighted by Gasteiger charge is -2.31. The molecule has 1 saturated carbocycles. The first-order chi connectivity index (χ1) is 13.6. The van der Waals surface area contributed by atoms with Gasteiger partial charge in [0.2, 0.25) is 11.8 Å². The zero-order valence-electron chi connectivity index (χ0n) is 16.1. The highest BCUT2D eigenvalue weighted by Gasteiger charge is 2.40. The van der Waals surface area contributed by atoms with Gasteiger partial charge in [0.1, 0.15) is 6.04 Å². The van der Waals surface area contributed by atoms with E-state index >= 15 is 0 Å². The van der Waals surface area contributed by atoms with Crippen LogP contribution in [0, 0.1) is 5.92 Å². The molecule has 28 heavy (non-hydrogen) atoms. The van der Waals surface area contributed by atoms with E-state index in [1.807, 2.05) is 18.2 Å². The van der Waals surface area contributed by atoms with E-state index in [1.54, 1.807) is 4.90 Å². The van der Waals surface area contributed by atoms with E-state index in [0.717, 1.165) is 24.0 Å². The quantitative estimate of drug-likeness (QED) is 0.659. The molecule has 150 valence electrons. The van der Waals surface area contributed by atoms with Crippen molar-refractivity contribution in [2.75, 3.05) is 6.54 Å². The summed E-state index contributed by atoms with van der Waals surface area (Å²) in [6, 6.07) is 5.72. The predicted molar refractivity (Wildman–Crippen MR) is 104 cm³/mol. The first kappa shape index (κ1) is 19.1. The van der Waals surface area contributed by atoms with Crippen LogP contribution in [0.25, 0.3) is 0 Å². The van der Waals surface area contributed by atoms with Crippen LogP contribution in [0.15, 0.2) is 18.2 Å². The van der Waals surface area contributed by atoms with E-state index in [1.165, 1.54) is 12.8 Å². The minimum Gasteiger partial charge on any atom is -0.330 e. The molecule has 0 bridgehead atoms. The van der Waals surface area contributed by atoms with Crippen LogP contribution in [0.5, 0.6) is 0 Å². The Labute approximate surface area is 165 Å². The summed E-state index contributed by atoms with van der Waals surface area (Å²) in [6.45, 7) is 1.73. The molecule has 4 N–H and O–H groups in total. The molecule has 3 unspecified atom stereocenters. The molecule has 3 amide bonds. The molecule has 4 rings (SSSR count). The molecular weight excluding hydrogens is 356 g/mol. The van der Waals surface area contributed by atoms with E-state index in [-0.39, 0.29) is 24.1 Å². The number of carbonyl (C=O) groups excluding carboxylic acids is 3. The Bertz CT molecular complexity index is 794. The van der Waals surface area contributed by atoms with Crippen LogP contribution in [0.2, 0.25) is 0 Å². The monoisotopic (exact) mass is 384 g/mol. The van der Waals surface area contributed by atoms with Crippen LogP contribution in [-0.4, -0.2) is 41.2 Å². The number of nitrogens with one attached hydrogen (secondary N) is 2. The highest BCUT2D eigenvalue weighted by molar-refractivity contribution is 6.05. The predicted octanol–water partition coefficient (Wildman–Crippen LogP) is 1.05. The van der Waals surface area contributed by atoms with Crippen molar-refractivity contribution in [1.29, 1.82) is 0 Å². The maximum atomic E-state index is 13.1. The number of rotatable bonds is 5. The second kappa shape index (κ2) is 8.01. The third kappa shape index (κ3) is 3.56. The highest BCUT2D eigenvalue weighted by Crippen LogP contribution is 2.30. The van der Waals surface area contributed by atoms with Crippen molar-refractivity contribution < 1.29 is 14.4 Å². The fraction of sp³-hybridized carbons (Fsp3) is 0.571. The molecule has 0 spiro atoms. The Hall–Kier alpha value is -2.25. The Kier molecular flexibility index (Phi) is 5.46. The molecule has 3 atom stereocenters. The van der Waals surface area contributed by atoms with E-state index in [4.69, 9.17) is 5.73 Å². The van der Waals surface area contributed by atoms with Gasteiger partial charge in [-0.2, -0.15) is 0 Å². The van der Waals surface area contributed by atoms with E-state index in [0.29, 0.717) is 43.6 Å². The van der Waals surface area contributed by atoms with Crippen molar-refractivity contribution in [3.63, 3.8) is 0 Å². The minimum absolute atomic E-state index is 0.110. The zero-order chi connectivity index (χ0) is 19.7. The van der Waals surface area contributed by atoms with E-state index < -0.39 is 6.04 Å². The van der Waals surface area contributed by atoms with Gasteiger partial charge in [0, 0.05) is 31.1 Å². The van der Waals surface area contributed by atoms with Crippen LogP contribution in [0.1, 0.15) is 60.0 Å². The second-order valence-corrected chi connectivity index (χ2v) is 8.12. The Morgan fingerprint density at radius 2 is 1.96 bits per heavy atom. The molecule has 0 aromatic heterocycles. The lowest BCUT2D eigenvalue weighted by atomic mass is 9.84. The molecule has 2 fully saturated rings. The summed E-state index contributed by atoms with van der Waals surface area (Å²) in [5.41, 5.74) is 8.57. The topological polar surface area (TPSA) is 105 Å². The summed E-state index contributed by atoms with van der Waals surface area (Å²) >= 11 is 0. The van der Waals surface area contributed by atoms with Gasteiger partial charge in [-0.15, -0.1) is 0 Å². The van der Waals surface area contributed by atoms with Crippen molar-refractivity contribution >= 4 is 17.7 Å². The molecule has 1 saturated heterocycles. The number of carbonyl (C=O) groups is 3. The fourth-order valence-corrected chi connectivity index (χ4v) is 4.84. The zero-order valence-corrected chi connectivity index (χ0v) is 16.1. The van der Waals surface area contributed by atoms with Gasteiger partial charge in [-0.1, -0.05) is 31.0 Å². The third-order valence-electron chi connectivity index (χ3n) is 6.41. The average molecular weight is 384 g/mol. The molecule has 3 aliphatic rings. The normalized spacial score (nSPS) is 27.7. The SMILES string of the molecule is NCC1CCCCC1NCc1cccc2c1C(=O)N(C1CCC(=O)NC1=O)C2. The number of nitrogens with zero attached hydrogens (tertiary/aromatic N) is 1. The molecule has 1 aromatic carbocycles. The fourth-order valence-electron chi connectivity index (χ4n) is 4.84. The largest absolute Gasteiger partial charge is 0.330 e. The number of amides is 3. The Morgan fingerprint density at radius 3 is 2.75 bits per heavy atom. The smallest absolute Gasteiger partial charge is 0.255 e. The average Bonchev–Trinajstić information content (AvgIpc) is 3.03. The van der Waals surface area contributed by atoms with Crippen LogP contribution < -0.4 is 16.4 Å². The van der Waals surface area contributed by atoms with Gasteiger partial charge < -0.3 is 16.0 Å². The number of hydrogen-bond donors (Lipinski definition) is 3. The summed E-state index contributed by atoms with van der Waals surface area (Å²) < 4.78 is 0. The van der Waals surface area contributed by atoms with Gasteiger partial charge in [0.25, 0.3) is 5.91 Å². The summed E-state index contributed by atoms with van der Waals surface area (Å²) in [7, 11) is 0. The molecule has 7 nitrogen and oxygen atoms in total. The number of hydrogen-bond acceptors (Lipinski definition) is 5. The van der Waals surface area contributed by atoms with Crippen LogP contribution in [0.3, 0.4) is 0 Å². The number of fused-ring (bicyclic) bond motifs is 1. The van der Waals surface area contributed by atoms with Gasteiger partial charge in [0.05, 0.1) is 0 Å².